The van der Waals surface area contributed by atoms with Crippen LogP contribution in [-0.2, 0) is 22.2 Å². The van der Waals surface area contributed by atoms with Gasteiger partial charge in [0.2, 0.25) is 0 Å². The van der Waals surface area contributed by atoms with Crippen molar-refractivity contribution >= 4 is 22.2 Å². The molecule has 2 atom stereocenters. The molecule has 0 aromatic heterocycles. The van der Waals surface area contributed by atoms with Gasteiger partial charge in [0, 0.05) is 0 Å². The van der Waals surface area contributed by atoms with Gasteiger partial charge in [0.1, 0.15) is 21.3 Å². The molecule has 0 amide bonds. The van der Waals surface area contributed by atoms with E-state index in [1.807, 2.05) is 0 Å². The topological polar surface area (TPSA) is 83.8 Å². The summed E-state index contributed by atoms with van der Waals surface area (Å²) in [6.45, 7) is 0. The molecule has 2 rings (SSSR count). The number of hydrogen-bond donors (Lipinski definition) is 2. The molecular weight excluding hydrogens is 288 g/mol. The first-order valence-electron chi connectivity index (χ1n) is 5.17. The average molecular weight is 298 g/mol. The highest BCUT2D eigenvalue weighted by molar-refractivity contribution is 7.79. The lowest BCUT2D eigenvalue weighted by atomic mass is 10.3. The fourth-order valence-corrected chi connectivity index (χ4v) is 2.43. The molecular formula is C12H10O5S2. The molecule has 0 spiro atoms. The van der Waals surface area contributed by atoms with E-state index < -0.39 is 22.2 Å². The summed E-state index contributed by atoms with van der Waals surface area (Å²) in [5.74, 6) is 0.336. The molecule has 0 aliphatic rings. The first kappa shape index (κ1) is 13.9. The van der Waals surface area contributed by atoms with E-state index in [0.717, 1.165) is 0 Å². The zero-order chi connectivity index (χ0) is 13.8. The second-order valence-electron chi connectivity index (χ2n) is 3.49. The predicted molar refractivity (Wildman–Crippen MR) is 71.0 cm³/mol. The molecule has 0 bridgehead atoms. The van der Waals surface area contributed by atoms with Crippen LogP contribution in [0.15, 0.2) is 58.3 Å². The minimum absolute atomic E-state index is 0.0982. The molecule has 2 N–H and O–H groups in total. The third-order valence-corrected chi connectivity index (χ3v) is 3.72. The average Bonchev–Trinajstić information content (AvgIpc) is 2.39. The van der Waals surface area contributed by atoms with Crippen LogP contribution in [0.1, 0.15) is 0 Å². The number of hydrogen-bond acceptors (Lipinski definition) is 3. The number of rotatable bonds is 4. The van der Waals surface area contributed by atoms with Crippen LogP contribution in [-0.4, -0.2) is 17.5 Å². The van der Waals surface area contributed by atoms with Crippen LogP contribution in [0.25, 0.3) is 0 Å². The molecule has 100 valence electrons. The van der Waals surface area contributed by atoms with Crippen LogP contribution in [0.2, 0.25) is 0 Å². The summed E-state index contributed by atoms with van der Waals surface area (Å²) < 4.78 is 46.0. The second-order valence-corrected chi connectivity index (χ2v) is 5.37. The normalized spacial score (nSPS) is 13.8. The third-order valence-electron chi connectivity index (χ3n) is 2.29. The SMILES string of the molecule is O=S(O)c1ccccc1Oc1ccccc1S(=O)O. The van der Waals surface area contributed by atoms with Gasteiger partial charge in [-0.15, -0.1) is 0 Å². The maximum absolute atomic E-state index is 11.2. The van der Waals surface area contributed by atoms with Crippen molar-refractivity contribution in [1.82, 2.24) is 0 Å². The molecule has 2 unspecified atom stereocenters. The molecule has 0 fully saturated rings. The molecule has 2 aromatic carbocycles. The van der Waals surface area contributed by atoms with E-state index in [0.29, 0.717) is 0 Å². The molecule has 0 saturated carbocycles. The summed E-state index contributed by atoms with van der Waals surface area (Å²) in [6, 6.07) is 12.4. The fraction of sp³-hybridized carbons (Fsp3) is 0. The summed E-state index contributed by atoms with van der Waals surface area (Å²) in [5, 5.41) is 0. The molecule has 0 aliphatic heterocycles. The summed E-state index contributed by atoms with van der Waals surface area (Å²) >= 11 is -4.39. The van der Waals surface area contributed by atoms with Crippen LogP contribution in [0, 0.1) is 0 Å². The van der Waals surface area contributed by atoms with Gasteiger partial charge in [0.15, 0.2) is 22.2 Å². The van der Waals surface area contributed by atoms with Crippen molar-refractivity contribution in [3.8, 4) is 11.5 Å². The van der Waals surface area contributed by atoms with Crippen molar-refractivity contribution in [2.45, 2.75) is 9.79 Å². The Labute approximate surface area is 114 Å². The van der Waals surface area contributed by atoms with Crippen LogP contribution in [0.4, 0.5) is 0 Å². The Kier molecular flexibility index (Phi) is 4.43. The first-order chi connectivity index (χ1) is 9.09. The van der Waals surface area contributed by atoms with Gasteiger partial charge in [-0.3, -0.25) is 0 Å². The molecule has 0 saturated heterocycles. The van der Waals surface area contributed by atoms with Crippen molar-refractivity contribution in [2.24, 2.45) is 0 Å². The summed E-state index contributed by atoms with van der Waals surface area (Å²) in [5.41, 5.74) is 0. The molecule has 19 heavy (non-hydrogen) atoms. The Morgan fingerprint density at radius 2 is 1.11 bits per heavy atom. The van der Waals surface area contributed by atoms with Gasteiger partial charge in [0.25, 0.3) is 0 Å². The molecule has 0 heterocycles. The van der Waals surface area contributed by atoms with Gasteiger partial charge < -0.3 is 13.8 Å². The Morgan fingerprint density at radius 1 is 0.737 bits per heavy atom. The van der Waals surface area contributed by atoms with Gasteiger partial charge in [0.05, 0.1) is 0 Å². The molecule has 2 aromatic rings. The molecule has 5 nitrogen and oxygen atoms in total. The lowest BCUT2D eigenvalue weighted by Gasteiger charge is -2.10. The largest absolute Gasteiger partial charge is 0.455 e. The standard InChI is InChI=1S/C12H10O5S2/c13-18(14)11-7-3-1-5-9(11)17-10-6-2-4-8-12(10)19(15)16/h1-8H,(H,13,14)(H,15,16). The van der Waals surface area contributed by atoms with E-state index in [-0.39, 0.29) is 21.3 Å². The van der Waals surface area contributed by atoms with Crippen molar-refractivity contribution in [3.63, 3.8) is 0 Å². The molecule has 0 radical (unpaired) electrons. The van der Waals surface area contributed by atoms with Crippen LogP contribution in [0.5, 0.6) is 11.5 Å². The predicted octanol–water partition coefficient (Wildman–Crippen LogP) is 2.64. The number of para-hydroxylation sites is 2. The smallest absolute Gasteiger partial charge is 0.190 e. The minimum Gasteiger partial charge on any atom is -0.455 e. The summed E-state index contributed by atoms with van der Waals surface area (Å²) in [7, 11) is 0. The lowest BCUT2D eigenvalue weighted by Crippen LogP contribution is -1.97. The van der Waals surface area contributed by atoms with Crippen molar-refractivity contribution < 1.29 is 22.3 Å². The number of benzene rings is 2. The molecule has 7 heteroatoms. The van der Waals surface area contributed by atoms with Crippen molar-refractivity contribution in [2.75, 3.05) is 0 Å². The quantitative estimate of drug-likeness (QED) is 0.848. The second kappa shape index (κ2) is 6.07. The summed E-state index contributed by atoms with van der Waals surface area (Å²) in [4.78, 5) is 0.196. The van der Waals surface area contributed by atoms with Crippen LogP contribution < -0.4 is 4.74 Å². The van der Waals surface area contributed by atoms with E-state index in [2.05, 4.69) is 0 Å². The Bertz CT molecular complexity index is 586. The van der Waals surface area contributed by atoms with Crippen molar-refractivity contribution in [1.29, 1.82) is 0 Å². The fourth-order valence-electron chi connectivity index (χ4n) is 1.48. The van der Waals surface area contributed by atoms with E-state index in [1.165, 1.54) is 24.3 Å². The zero-order valence-corrected chi connectivity index (χ0v) is 11.2. The van der Waals surface area contributed by atoms with Crippen molar-refractivity contribution in [3.05, 3.63) is 48.5 Å². The van der Waals surface area contributed by atoms with Gasteiger partial charge in [-0.05, 0) is 24.3 Å². The maximum Gasteiger partial charge on any atom is 0.190 e. The van der Waals surface area contributed by atoms with E-state index in [1.54, 1.807) is 24.3 Å². The molecule has 0 aliphatic carbocycles. The Morgan fingerprint density at radius 3 is 1.47 bits per heavy atom. The first-order valence-corrected chi connectivity index (χ1v) is 7.38. The third kappa shape index (κ3) is 3.27. The highest BCUT2D eigenvalue weighted by atomic mass is 32.2. The highest BCUT2D eigenvalue weighted by Crippen LogP contribution is 2.30. The summed E-state index contributed by atoms with van der Waals surface area (Å²) in [6.07, 6.45) is 0. The van der Waals surface area contributed by atoms with Gasteiger partial charge in [-0.2, -0.15) is 0 Å². The maximum atomic E-state index is 11.2. The minimum atomic E-state index is -2.19. The van der Waals surface area contributed by atoms with Gasteiger partial charge >= 0.3 is 0 Å². The van der Waals surface area contributed by atoms with Gasteiger partial charge in [-0.1, -0.05) is 24.3 Å². The van der Waals surface area contributed by atoms with E-state index >= 15 is 0 Å². The monoisotopic (exact) mass is 298 g/mol. The number of ether oxygens (including phenoxy) is 1. The zero-order valence-electron chi connectivity index (χ0n) is 9.55. The van der Waals surface area contributed by atoms with Crippen LogP contribution in [0.3, 0.4) is 0 Å². The Balaban J connectivity index is 2.42. The highest BCUT2D eigenvalue weighted by Gasteiger charge is 2.13. The van der Waals surface area contributed by atoms with E-state index in [4.69, 9.17) is 13.8 Å². The van der Waals surface area contributed by atoms with E-state index in [9.17, 15) is 8.42 Å². The van der Waals surface area contributed by atoms with Crippen LogP contribution >= 0.6 is 0 Å². The Hall–Kier alpha value is -1.54. The lowest BCUT2D eigenvalue weighted by molar-refractivity contribution is 0.451. The van der Waals surface area contributed by atoms with Gasteiger partial charge in [-0.25, -0.2) is 8.42 Å².